The molecule has 3 aromatic rings. The molecule has 5 unspecified atom stereocenters. The molecule has 0 aliphatic heterocycles. The lowest BCUT2D eigenvalue weighted by Crippen LogP contribution is -2.58. The van der Waals surface area contributed by atoms with Gasteiger partial charge in [-0.25, -0.2) is 4.79 Å². The van der Waals surface area contributed by atoms with Crippen molar-refractivity contribution in [3.05, 3.63) is 65.9 Å². The quantitative estimate of drug-likeness (QED) is 0.117. The number of carboxylic acid groups (broad SMARTS) is 2. The molecule has 0 saturated carbocycles. The SMILES string of the molecule is CCC(C)C(NC(=O)C(CCC(=O)O)NC(=O)C(Cc1ccc(O)cc1)NC(=O)C(N)Cc1c[nH]c2ccccc12)C(=O)O. The van der Waals surface area contributed by atoms with Crippen molar-refractivity contribution in [2.75, 3.05) is 0 Å². The number of aromatic nitrogens is 1. The number of hydrogen-bond acceptors (Lipinski definition) is 7. The number of rotatable bonds is 16. The van der Waals surface area contributed by atoms with Gasteiger partial charge >= 0.3 is 11.9 Å². The van der Waals surface area contributed by atoms with Gasteiger partial charge in [-0.3, -0.25) is 19.2 Å². The van der Waals surface area contributed by atoms with Crippen LogP contribution >= 0.6 is 0 Å². The number of phenols is 1. The maximum absolute atomic E-state index is 13.6. The van der Waals surface area contributed by atoms with E-state index in [1.54, 1.807) is 32.2 Å². The van der Waals surface area contributed by atoms with Crippen LogP contribution in [0.3, 0.4) is 0 Å². The van der Waals surface area contributed by atoms with Crippen LogP contribution in [0, 0.1) is 5.92 Å². The third-order valence-corrected chi connectivity index (χ3v) is 7.52. The number of carboxylic acids is 2. The minimum atomic E-state index is -1.40. The van der Waals surface area contributed by atoms with Crippen molar-refractivity contribution in [3.63, 3.8) is 0 Å². The summed E-state index contributed by atoms with van der Waals surface area (Å²) in [5.41, 5.74) is 8.50. The molecule has 0 saturated heterocycles. The molecule has 0 aliphatic rings. The lowest BCUT2D eigenvalue weighted by molar-refractivity contribution is -0.144. The second-order valence-electron chi connectivity index (χ2n) is 10.8. The van der Waals surface area contributed by atoms with Crippen molar-refractivity contribution < 1.29 is 39.3 Å². The van der Waals surface area contributed by atoms with E-state index in [2.05, 4.69) is 20.9 Å². The lowest BCUT2D eigenvalue weighted by Gasteiger charge is -2.26. The van der Waals surface area contributed by atoms with E-state index in [0.717, 1.165) is 16.5 Å². The Balaban J connectivity index is 1.81. The van der Waals surface area contributed by atoms with Crippen molar-refractivity contribution in [3.8, 4) is 5.75 Å². The van der Waals surface area contributed by atoms with E-state index < -0.39 is 66.2 Å². The third-order valence-electron chi connectivity index (χ3n) is 7.52. The molecule has 0 fully saturated rings. The molecule has 13 nitrogen and oxygen atoms in total. The maximum atomic E-state index is 13.6. The molecule has 13 heteroatoms. The molecule has 1 aromatic heterocycles. The summed E-state index contributed by atoms with van der Waals surface area (Å²) in [5, 5.41) is 36.9. The van der Waals surface area contributed by atoms with Crippen molar-refractivity contribution in [1.82, 2.24) is 20.9 Å². The molecule has 0 spiro atoms. The number of aromatic amines is 1. The summed E-state index contributed by atoms with van der Waals surface area (Å²) in [7, 11) is 0. The van der Waals surface area contributed by atoms with Gasteiger partial charge in [-0.2, -0.15) is 0 Å². The summed E-state index contributed by atoms with van der Waals surface area (Å²) in [6.07, 6.45) is 1.52. The van der Waals surface area contributed by atoms with Crippen LogP contribution in [0.4, 0.5) is 0 Å². The highest BCUT2D eigenvalue weighted by molar-refractivity contribution is 5.94. The number of amides is 3. The number of aromatic hydroxyl groups is 1. The number of H-pyrrole nitrogens is 1. The minimum Gasteiger partial charge on any atom is -0.508 e. The second-order valence-corrected chi connectivity index (χ2v) is 10.8. The fraction of sp³-hybridized carbons (Fsp3) is 0.387. The smallest absolute Gasteiger partial charge is 0.326 e. The number of nitrogens with one attached hydrogen (secondary N) is 4. The van der Waals surface area contributed by atoms with Crippen molar-refractivity contribution in [1.29, 1.82) is 0 Å². The largest absolute Gasteiger partial charge is 0.508 e. The Kier molecular flexibility index (Phi) is 11.9. The van der Waals surface area contributed by atoms with Gasteiger partial charge in [0.1, 0.15) is 23.9 Å². The molecule has 0 aliphatic carbocycles. The van der Waals surface area contributed by atoms with Gasteiger partial charge < -0.3 is 42.0 Å². The van der Waals surface area contributed by atoms with Gasteiger partial charge in [-0.1, -0.05) is 50.6 Å². The van der Waals surface area contributed by atoms with Gasteiger partial charge in [0.15, 0.2) is 0 Å². The standard InChI is InChI=1S/C31H39N5O8/c1-3-17(2)27(31(43)44)36-29(41)24(12-13-26(38)39)34-30(42)25(14-18-8-10-20(37)11-9-18)35-28(40)22(32)15-19-16-33-23-7-5-4-6-21(19)23/h4-11,16-17,22,24-25,27,33,37H,3,12-15,32H2,1-2H3,(H,34,42)(H,35,40)(H,36,41)(H,38,39)(H,43,44). The highest BCUT2D eigenvalue weighted by Crippen LogP contribution is 2.19. The van der Waals surface area contributed by atoms with Crippen LogP contribution in [0.5, 0.6) is 5.75 Å². The number of carbonyl (C=O) groups excluding carboxylic acids is 3. The first kappa shape index (κ1) is 33.6. The Labute approximate surface area is 254 Å². The molecule has 1 heterocycles. The van der Waals surface area contributed by atoms with Crippen LogP contribution in [0.2, 0.25) is 0 Å². The van der Waals surface area contributed by atoms with Gasteiger partial charge in [0.2, 0.25) is 17.7 Å². The van der Waals surface area contributed by atoms with Crippen LogP contribution in [0.15, 0.2) is 54.7 Å². The molecular weight excluding hydrogens is 570 g/mol. The number of nitrogens with two attached hydrogens (primary N) is 1. The molecule has 44 heavy (non-hydrogen) atoms. The van der Waals surface area contributed by atoms with E-state index in [9.17, 15) is 39.3 Å². The highest BCUT2D eigenvalue weighted by atomic mass is 16.4. The predicted octanol–water partition coefficient (Wildman–Crippen LogP) is 1.44. The summed E-state index contributed by atoms with van der Waals surface area (Å²) in [4.78, 5) is 66.1. The molecule has 5 atom stereocenters. The second kappa shape index (κ2) is 15.5. The van der Waals surface area contributed by atoms with Gasteiger partial charge in [0.25, 0.3) is 0 Å². The number of fused-ring (bicyclic) bond motifs is 1. The zero-order valence-electron chi connectivity index (χ0n) is 24.6. The summed E-state index contributed by atoms with van der Waals surface area (Å²) in [6, 6.07) is 8.53. The molecule has 3 rings (SSSR count). The maximum Gasteiger partial charge on any atom is 0.326 e. The van der Waals surface area contributed by atoms with Gasteiger partial charge in [-0.15, -0.1) is 0 Å². The summed E-state index contributed by atoms with van der Waals surface area (Å²) in [6.45, 7) is 3.41. The third kappa shape index (κ3) is 9.30. The van der Waals surface area contributed by atoms with E-state index in [1.807, 2.05) is 24.3 Å². The average Bonchev–Trinajstić information content (AvgIpc) is 3.40. The molecule has 3 amide bonds. The fourth-order valence-electron chi connectivity index (χ4n) is 4.73. The van der Waals surface area contributed by atoms with Gasteiger partial charge in [0, 0.05) is 29.9 Å². The monoisotopic (exact) mass is 609 g/mol. The van der Waals surface area contributed by atoms with E-state index in [1.165, 1.54) is 12.1 Å². The first-order chi connectivity index (χ1) is 20.9. The fourth-order valence-corrected chi connectivity index (χ4v) is 4.73. The highest BCUT2D eigenvalue weighted by Gasteiger charge is 2.32. The van der Waals surface area contributed by atoms with Gasteiger partial charge in [0.05, 0.1) is 6.04 Å². The first-order valence-corrected chi connectivity index (χ1v) is 14.3. The minimum absolute atomic E-state index is 0.000707. The summed E-state index contributed by atoms with van der Waals surface area (Å²) in [5.74, 6) is -5.22. The molecule has 2 aromatic carbocycles. The molecule has 0 radical (unpaired) electrons. The van der Waals surface area contributed by atoms with Crippen LogP contribution in [-0.4, -0.2) is 74.1 Å². The number of benzene rings is 2. The van der Waals surface area contributed by atoms with Crippen LogP contribution < -0.4 is 21.7 Å². The normalized spacial score (nSPS) is 14.5. The first-order valence-electron chi connectivity index (χ1n) is 14.3. The Hall–Kier alpha value is -4.91. The molecular formula is C31H39N5O8. The summed E-state index contributed by atoms with van der Waals surface area (Å²) >= 11 is 0. The Bertz CT molecular complexity index is 1470. The number of para-hydroxylation sites is 1. The van der Waals surface area contributed by atoms with Crippen molar-refractivity contribution >= 4 is 40.6 Å². The van der Waals surface area contributed by atoms with E-state index in [-0.39, 0.29) is 25.0 Å². The Morgan fingerprint density at radius 1 is 0.864 bits per heavy atom. The lowest BCUT2D eigenvalue weighted by atomic mass is 9.98. The zero-order valence-corrected chi connectivity index (χ0v) is 24.6. The number of carbonyl (C=O) groups is 5. The summed E-state index contributed by atoms with van der Waals surface area (Å²) < 4.78 is 0. The number of hydrogen-bond donors (Lipinski definition) is 8. The molecule has 9 N–H and O–H groups in total. The van der Waals surface area contributed by atoms with E-state index in [4.69, 9.17) is 5.73 Å². The number of aliphatic carboxylic acids is 2. The Morgan fingerprint density at radius 3 is 2.14 bits per heavy atom. The average molecular weight is 610 g/mol. The topological polar surface area (TPSA) is 224 Å². The van der Waals surface area contributed by atoms with Crippen LogP contribution in [0.1, 0.15) is 44.2 Å². The van der Waals surface area contributed by atoms with E-state index in [0.29, 0.717) is 12.0 Å². The molecule has 0 bridgehead atoms. The van der Waals surface area contributed by atoms with E-state index >= 15 is 0 Å². The van der Waals surface area contributed by atoms with Crippen molar-refractivity contribution in [2.45, 2.75) is 70.1 Å². The van der Waals surface area contributed by atoms with Crippen LogP contribution in [-0.2, 0) is 36.8 Å². The number of phenolic OH excluding ortho intramolecular Hbond substituents is 1. The van der Waals surface area contributed by atoms with Crippen molar-refractivity contribution in [2.24, 2.45) is 11.7 Å². The Morgan fingerprint density at radius 2 is 1.50 bits per heavy atom. The zero-order chi connectivity index (χ0) is 32.4. The molecule has 236 valence electrons. The van der Waals surface area contributed by atoms with Crippen LogP contribution in [0.25, 0.3) is 10.9 Å². The predicted molar refractivity (Wildman–Crippen MR) is 162 cm³/mol. The van der Waals surface area contributed by atoms with Gasteiger partial charge in [-0.05, 0) is 48.1 Å².